The largest absolute Gasteiger partial charge is 0.354 e. The van der Waals surface area contributed by atoms with Gasteiger partial charge in [0.25, 0.3) is 0 Å². The lowest BCUT2D eigenvalue weighted by molar-refractivity contribution is 1.19. The third-order valence-corrected chi connectivity index (χ3v) is 11.3. The summed E-state index contributed by atoms with van der Waals surface area (Å²) in [5.41, 5.74) is 12.6. The lowest BCUT2D eigenvalue weighted by Crippen LogP contribution is -2.19. The molecule has 8 bridgehead atoms. The van der Waals surface area contributed by atoms with Crippen LogP contribution in [-0.2, 0) is 0 Å². The fourth-order valence-electron chi connectivity index (χ4n) is 7.15. The van der Waals surface area contributed by atoms with Crippen molar-refractivity contribution in [3.05, 3.63) is 230 Å². The van der Waals surface area contributed by atoms with Gasteiger partial charge in [-0.2, -0.15) is 0 Å². The number of fused-ring (bicyclic) bond motifs is 8. The third-order valence-electron chi connectivity index (χ3n) is 9.35. The molecule has 4 aromatic heterocycles. The van der Waals surface area contributed by atoms with Crippen molar-refractivity contribution >= 4 is 86.0 Å². The number of aromatic nitrogens is 4. The maximum atomic E-state index is 3.85. The molecule has 0 radical (unpaired) electrons. The van der Waals surface area contributed by atoms with Gasteiger partial charge in [-0.05, 0) is 119 Å². The van der Waals surface area contributed by atoms with E-state index in [1.807, 2.05) is 0 Å². The highest BCUT2D eigenvalue weighted by Gasteiger charge is 2.19. The van der Waals surface area contributed by atoms with Crippen molar-refractivity contribution in [2.75, 3.05) is 0 Å². The molecule has 9 rings (SSSR count). The highest BCUT2D eigenvalue weighted by molar-refractivity contribution is 9.11. The summed E-state index contributed by atoms with van der Waals surface area (Å²) in [7, 11) is 0. The van der Waals surface area contributed by atoms with Gasteiger partial charge in [0, 0.05) is 84.4 Å². The molecule has 0 unspecified atom stereocenters. The minimum atomic E-state index is 1.00. The molecule has 0 spiro atoms. The highest BCUT2D eigenvalue weighted by atomic mass is 79.9. The standard InChI is InChI=1S/C44H28Br4N4/c45-29-9-1-5-25(21-29)41-33-13-15-35(49-33)42(26-6-2-10-30(46)22-26)37-17-19-39(51-37)44(28-8-4-12-32(48)24-28)40-20-18-38(52-40)43(36-16-14-34(41)50-36)27-7-3-11-31(47)23-27/h1-24,49-52H. The Morgan fingerprint density at radius 1 is 0.269 bits per heavy atom. The molecular formula is C44H28Br4N4. The number of hydrogen-bond donors (Lipinski definition) is 4. The Hall–Kier alpha value is -4.60. The van der Waals surface area contributed by atoms with E-state index in [0.29, 0.717) is 0 Å². The Morgan fingerprint density at radius 2 is 0.519 bits per heavy atom. The molecule has 8 aromatic rings. The van der Waals surface area contributed by atoms with Crippen LogP contribution in [0.1, 0.15) is 45.0 Å². The molecule has 0 atom stereocenters. The first-order valence-electron chi connectivity index (χ1n) is 16.7. The minimum Gasteiger partial charge on any atom is -0.354 e. The number of benzene rings is 4. The molecule has 4 nitrogen and oxygen atoms in total. The first kappa shape index (κ1) is 33.3. The zero-order valence-corrected chi connectivity index (χ0v) is 33.7. The number of nitrogens with one attached hydrogen (secondary N) is 4. The number of halogens is 4. The van der Waals surface area contributed by atoms with Crippen molar-refractivity contribution in [3.8, 4) is 0 Å². The second-order valence-corrected chi connectivity index (χ2v) is 16.3. The van der Waals surface area contributed by atoms with Crippen LogP contribution in [0.25, 0.3) is 22.3 Å². The van der Waals surface area contributed by atoms with E-state index in [9.17, 15) is 0 Å². The van der Waals surface area contributed by atoms with Crippen LogP contribution in [-0.4, -0.2) is 19.9 Å². The number of aromatic amines is 4. The molecule has 4 aromatic carbocycles. The van der Waals surface area contributed by atoms with Crippen LogP contribution in [0.4, 0.5) is 0 Å². The maximum Gasteiger partial charge on any atom is 0.0485 e. The lowest BCUT2D eigenvalue weighted by Gasteiger charge is -2.10. The number of rotatable bonds is 4. The number of H-pyrrole nitrogens is 4. The van der Waals surface area contributed by atoms with Crippen molar-refractivity contribution in [1.29, 1.82) is 0 Å². The first-order valence-corrected chi connectivity index (χ1v) is 19.9. The maximum absolute atomic E-state index is 3.85. The van der Waals surface area contributed by atoms with Gasteiger partial charge < -0.3 is 19.9 Å². The Kier molecular flexibility index (Phi) is 8.79. The van der Waals surface area contributed by atoms with Crippen LogP contribution >= 0.6 is 63.7 Å². The lowest BCUT2D eigenvalue weighted by atomic mass is 10.0. The molecular weight excluding hydrogens is 904 g/mol. The average molecular weight is 932 g/mol. The van der Waals surface area contributed by atoms with Gasteiger partial charge in [0.1, 0.15) is 0 Å². The summed E-state index contributed by atoms with van der Waals surface area (Å²) in [4.78, 5) is 15.4. The molecule has 0 amide bonds. The summed E-state index contributed by atoms with van der Waals surface area (Å²) in [5, 5.41) is 4.00. The molecule has 52 heavy (non-hydrogen) atoms. The predicted molar refractivity (Wildman–Crippen MR) is 225 cm³/mol. The molecule has 8 heteroatoms. The molecule has 0 fully saturated rings. The van der Waals surface area contributed by atoms with E-state index < -0.39 is 0 Å². The molecule has 0 saturated carbocycles. The molecule has 0 saturated heterocycles. The normalized spacial score (nSPS) is 12.8. The summed E-state index contributed by atoms with van der Waals surface area (Å²) >= 11 is 14.9. The van der Waals surface area contributed by atoms with E-state index in [-0.39, 0.29) is 0 Å². The summed E-state index contributed by atoms with van der Waals surface area (Å²) in [6.07, 6.45) is 0. The number of hydrogen-bond acceptors (Lipinski definition) is 0. The SMILES string of the molecule is Brc1cccc(C2=c3ccc([nH]3)=C(c3cccc(Br)c3)c3ccc([nH]3)C(c3cccc(Br)c3)=c3ccc([nH]3)=C(c3cccc(Br)c3)c3ccc2[nH]3)c1. The van der Waals surface area contributed by atoms with Crippen molar-refractivity contribution in [2.24, 2.45) is 0 Å². The highest BCUT2D eigenvalue weighted by Crippen LogP contribution is 2.30. The molecule has 252 valence electrons. The van der Waals surface area contributed by atoms with Crippen molar-refractivity contribution in [1.82, 2.24) is 19.9 Å². The Balaban J connectivity index is 1.45. The van der Waals surface area contributed by atoms with Crippen LogP contribution in [0.2, 0.25) is 0 Å². The first-order chi connectivity index (χ1) is 25.4. The Bertz CT molecular complexity index is 2530. The van der Waals surface area contributed by atoms with E-state index in [1.165, 1.54) is 0 Å². The van der Waals surface area contributed by atoms with Crippen LogP contribution in [0.5, 0.6) is 0 Å². The van der Waals surface area contributed by atoms with Crippen LogP contribution < -0.4 is 21.4 Å². The fourth-order valence-corrected chi connectivity index (χ4v) is 8.74. The zero-order valence-electron chi connectivity index (χ0n) is 27.4. The fraction of sp³-hybridized carbons (Fsp3) is 0. The van der Waals surface area contributed by atoms with Gasteiger partial charge in [-0.25, -0.2) is 0 Å². The van der Waals surface area contributed by atoms with E-state index in [1.54, 1.807) is 0 Å². The van der Waals surface area contributed by atoms with Gasteiger partial charge in [0.15, 0.2) is 0 Å². The van der Waals surface area contributed by atoms with Crippen molar-refractivity contribution in [2.45, 2.75) is 0 Å². The van der Waals surface area contributed by atoms with E-state index in [4.69, 9.17) is 0 Å². The van der Waals surface area contributed by atoms with Crippen molar-refractivity contribution in [3.63, 3.8) is 0 Å². The summed E-state index contributed by atoms with van der Waals surface area (Å²) < 4.78 is 4.06. The Labute approximate surface area is 333 Å². The predicted octanol–water partition coefficient (Wildman–Crippen LogP) is 9.35. The molecule has 4 N–H and O–H groups in total. The third kappa shape index (κ3) is 6.28. The summed E-state index contributed by atoms with van der Waals surface area (Å²) in [6, 6.07) is 51.3. The summed E-state index contributed by atoms with van der Waals surface area (Å²) in [5.74, 6) is 0. The second-order valence-electron chi connectivity index (χ2n) is 12.7. The second kappa shape index (κ2) is 13.7. The van der Waals surface area contributed by atoms with Gasteiger partial charge in [-0.3, -0.25) is 0 Å². The van der Waals surface area contributed by atoms with E-state index >= 15 is 0 Å². The van der Waals surface area contributed by atoms with Crippen LogP contribution in [0.15, 0.2) is 163 Å². The molecule has 5 heterocycles. The van der Waals surface area contributed by atoms with Gasteiger partial charge in [0.2, 0.25) is 0 Å². The summed E-state index contributed by atoms with van der Waals surface area (Å²) in [6.45, 7) is 0. The minimum absolute atomic E-state index is 1.00. The van der Waals surface area contributed by atoms with Gasteiger partial charge >= 0.3 is 0 Å². The van der Waals surface area contributed by atoms with Gasteiger partial charge in [0.05, 0.1) is 0 Å². The van der Waals surface area contributed by atoms with Crippen LogP contribution in [0.3, 0.4) is 0 Å². The van der Waals surface area contributed by atoms with Gasteiger partial charge in [-0.1, -0.05) is 112 Å². The smallest absolute Gasteiger partial charge is 0.0485 e. The van der Waals surface area contributed by atoms with E-state index in [0.717, 1.165) is 107 Å². The quantitative estimate of drug-likeness (QED) is 0.136. The monoisotopic (exact) mass is 928 g/mol. The molecule has 0 aliphatic carbocycles. The van der Waals surface area contributed by atoms with E-state index in [2.05, 4.69) is 229 Å². The zero-order chi connectivity index (χ0) is 35.3. The van der Waals surface area contributed by atoms with Crippen molar-refractivity contribution < 1.29 is 0 Å². The molecule has 1 aliphatic heterocycles. The van der Waals surface area contributed by atoms with Gasteiger partial charge in [-0.15, -0.1) is 0 Å². The Morgan fingerprint density at radius 3 is 0.750 bits per heavy atom. The average Bonchev–Trinajstić information content (AvgIpc) is 3.96. The van der Waals surface area contributed by atoms with Crippen LogP contribution in [0, 0.1) is 0 Å². The molecule has 1 aliphatic rings. The topological polar surface area (TPSA) is 63.2 Å².